The van der Waals surface area contributed by atoms with E-state index >= 15 is 0 Å². The van der Waals surface area contributed by atoms with Crippen LogP contribution in [0, 0.1) is 0 Å². The maximum Gasteiger partial charge on any atom is 0.336 e. The summed E-state index contributed by atoms with van der Waals surface area (Å²) >= 11 is 0. The number of nitrogens with zero attached hydrogens (tertiary/aromatic N) is 1. The highest BCUT2D eigenvalue weighted by molar-refractivity contribution is 6.17. The first-order chi connectivity index (χ1) is 12.0. The Labute approximate surface area is 142 Å². The predicted octanol–water partition coefficient (Wildman–Crippen LogP) is 0.596. The first kappa shape index (κ1) is 16.9. The summed E-state index contributed by atoms with van der Waals surface area (Å²) < 4.78 is 10.3. The number of anilines is 1. The van der Waals surface area contributed by atoms with Gasteiger partial charge in [0.15, 0.2) is 0 Å². The van der Waals surface area contributed by atoms with E-state index in [4.69, 9.17) is 14.3 Å². The molecule has 0 saturated carbocycles. The molecule has 2 heterocycles. The topological polar surface area (TPSA) is 109 Å². The summed E-state index contributed by atoms with van der Waals surface area (Å²) in [5, 5.41) is 12.5. The van der Waals surface area contributed by atoms with Gasteiger partial charge in [-0.1, -0.05) is 0 Å². The van der Waals surface area contributed by atoms with Crippen LogP contribution >= 0.6 is 0 Å². The standard InChI is InChI=1S/C17H16N2O6/c1-24-9-10-6-16(22)25-14-7-11(2-3-12(10)14)18-13-8-15(21)19(4-5-20)17(13)23/h2-3,6-8,18,20H,4-5,9H2,1H3. The maximum atomic E-state index is 12.1. The van der Waals surface area contributed by atoms with E-state index in [-0.39, 0.29) is 25.5 Å². The molecule has 0 saturated heterocycles. The van der Waals surface area contributed by atoms with Crippen molar-refractivity contribution in [2.24, 2.45) is 0 Å². The lowest BCUT2D eigenvalue weighted by atomic mass is 10.1. The lowest BCUT2D eigenvalue weighted by Gasteiger charge is -2.13. The molecule has 2 amide bonds. The van der Waals surface area contributed by atoms with Crippen LogP contribution in [0.25, 0.3) is 11.0 Å². The van der Waals surface area contributed by atoms with Gasteiger partial charge in [0.25, 0.3) is 11.8 Å². The highest BCUT2D eigenvalue weighted by atomic mass is 16.5. The zero-order chi connectivity index (χ0) is 18.0. The Balaban J connectivity index is 1.91. The zero-order valence-electron chi connectivity index (χ0n) is 13.4. The molecule has 25 heavy (non-hydrogen) atoms. The van der Waals surface area contributed by atoms with Gasteiger partial charge in [0.2, 0.25) is 0 Å². The van der Waals surface area contributed by atoms with Crippen molar-refractivity contribution in [2.45, 2.75) is 6.61 Å². The van der Waals surface area contributed by atoms with Crippen LogP contribution in [-0.4, -0.2) is 42.1 Å². The minimum Gasteiger partial charge on any atom is -0.423 e. The molecule has 3 rings (SSSR count). The molecule has 0 spiro atoms. The number of β-amino-alcohol motifs (C(OH)–C–C–N with tert-alkyl or cyclic N) is 1. The van der Waals surface area contributed by atoms with E-state index in [1.165, 1.54) is 19.3 Å². The molecule has 2 aromatic rings. The summed E-state index contributed by atoms with van der Waals surface area (Å²) in [7, 11) is 1.53. The van der Waals surface area contributed by atoms with E-state index in [1.54, 1.807) is 18.2 Å². The average Bonchev–Trinajstić information content (AvgIpc) is 2.82. The smallest absolute Gasteiger partial charge is 0.336 e. The van der Waals surface area contributed by atoms with Crippen molar-refractivity contribution in [1.29, 1.82) is 0 Å². The minimum absolute atomic E-state index is 0.0632. The summed E-state index contributed by atoms with van der Waals surface area (Å²) in [5.74, 6) is -1.01. The number of benzene rings is 1. The number of nitrogens with one attached hydrogen (secondary N) is 1. The molecule has 0 radical (unpaired) electrons. The number of methoxy groups -OCH3 is 1. The number of fused-ring (bicyclic) bond motifs is 1. The van der Waals surface area contributed by atoms with Crippen LogP contribution < -0.4 is 10.9 Å². The maximum absolute atomic E-state index is 12.1. The predicted molar refractivity (Wildman–Crippen MR) is 88.7 cm³/mol. The molecule has 1 aromatic heterocycles. The number of imide groups is 1. The van der Waals surface area contributed by atoms with Crippen molar-refractivity contribution in [1.82, 2.24) is 4.90 Å². The van der Waals surface area contributed by atoms with Crippen molar-refractivity contribution >= 4 is 28.5 Å². The molecule has 1 aliphatic rings. The van der Waals surface area contributed by atoms with E-state index in [0.29, 0.717) is 16.8 Å². The van der Waals surface area contributed by atoms with Crippen LogP contribution in [0.3, 0.4) is 0 Å². The molecule has 0 aliphatic carbocycles. The first-order valence-electron chi connectivity index (χ1n) is 7.54. The fraction of sp³-hybridized carbons (Fsp3) is 0.235. The monoisotopic (exact) mass is 344 g/mol. The number of aliphatic hydroxyl groups is 1. The van der Waals surface area contributed by atoms with Gasteiger partial charge in [-0.2, -0.15) is 0 Å². The number of amides is 2. The highest BCUT2D eigenvalue weighted by Gasteiger charge is 2.30. The zero-order valence-corrected chi connectivity index (χ0v) is 13.4. The van der Waals surface area contributed by atoms with Crippen molar-refractivity contribution in [2.75, 3.05) is 25.6 Å². The van der Waals surface area contributed by atoms with Gasteiger partial charge in [-0.3, -0.25) is 14.5 Å². The normalized spacial score (nSPS) is 14.3. The highest BCUT2D eigenvalue weighted by Crippen LogP contribution is 2.24. The Bertz CT molecular complexity index is 930. The molecular weight excluding hydrogens is 328 g/mol. The van der Waals surface area contributed by atoms with Gasteiger partial charge >= 0.3 is 5.63 Å². The Morgan fingerprint density at radius 1 is 1.24 bits per heavy atom. The van der Waals surface area contributed by atoms with Crippen LogP contribution in [0.5, 0.6) is 0 Å². The third-order valence-corrected chi connectivity index (χ3v) is 3.74. The molecule has 130 valence electrons. The Morgan fingerprint density at radius 3 is 2.76 bits per heavy atom. The molecule has 1 aromatic carbocycles. The van der Waals surface area contributed by atoms with E-state index in [9.17, 15) is 14.4 Å². The van der Waals surface area contributed by atoms with Crippen molar-refractivity contribution in [3.8, 4) is 0 Å². The molecule has 0 fully saturated rings. The number of carbonyl (C=O) groups is 2. The van der Waals surface area contributed by atoms with E-state index in [2.05, 4.69) is 5.32 Å². The lowest BCUT2D eigenvalue weighted by Crippen LogP contribution is -2.34. The average molecular weight is 344 g/mol. The van der Waals surface area contributed by atoms with E-state index < -0.39 is 17.4 Å². The van der Waals surface area contributed by atoms with Crippen LogP contribution in [0.15, 0.2) is 45.3 Å². The van der Waals surface area contributed by atoms with Crippen LogP contribution in [0.2, 0.25) is 0 Å². The van der Waals surface area contributed by atoms with Crippen LogP contribution in [0.1, 0.15) is 5.56 Å². The molecule has 0 unspecified atom stereocenters. The summed E-state index contributed by atoms with van der Waals surface area (Å²) in [5.41, 5.74) is 1.11. The number of rotatable bonds is 6. The molecule has 2 N–H and O–H groups in total. The summed E-state index contributed by atoms with van der Waals surface area (Å²) in [4.78, 5) is 36.5. The van der Waals surface area contributed by atoms with Crippen molar-refractivity contribution in [3.63, 3.8) is 0 Å². The fourth-order valence-electron chi connectivity index (χ4n) is 2.65. The van der Waals surface area contributed by atoms with Crippen molar-refractivity contribution < 1.29 is 23.8 Å². The van der Waals surface area contributed by atoms with Gasteiger partial charge in [0.1, 0.15) is 11.3 Å². The lowest BCUT2D eigenvalue weighted by molar-refractivity contribution is -0.137. The molecule has 0 bridgehead atoms. The van der Waals surface area contributed by atoms with Crippen LogP contribution in [-0.2, 0) is 20.9 Å². The molecule has 1 aliphatic heterocycles. The van der Waals surface area contributed by atoms with Gasteiger partial charge in [-0.25, -0.2) is 4.79 Å². The SMILES string of the molecule is COCc1cc(=O)oc2cc(NC3=CC(=O)N(CCO)C3=O)ccc12. The molecule has 8 nitrogen and oxygen atoms in total. The second-order valence-corrected chi connectivity index (χ2v) is 5.44. The first-order valence-corrected chi connectivity index (χ1v) is 7.54. The van der Waals surface area contributed by atoms with Gasteiger partial charge in [-0.05, 0) is 17.7 Å². The van der Waals surface area contributed by atoms with Gasteiger partial charge in [0, 0.05) is 36.4 Å². The van der Waals surface area contributed by atoms with Gasteiger partial charge in [0.05, 0.1) is 19.8 Å². The second-order valence-electron chi connectivity index (χ2n) is 5.44. The van der Waals surface area contributed by atoms with E-state index in [1.807, 2.05) is 0 Å². The second kappa shape index (κ2) is 6.88. The number of hydrogen-bond acceptors (Lipinski definition) is 7. The molecule has 0 atom stereocenters. The summed E-state index contributed by atoms with van der Waals surface area (Å²) in [6, 6.07) is 6.38. The van der Waals surface area contributed by atoms with Gasteiger partial charge in [-0.15, -0.1) is 0 Å². The fourth-order valence-corrected chi connectivity index (χ4v) is 2.65. The largest absolute Gasteiger partial charge is 0.423 e. The third-order valence-electron chi connectivity index (χ3n) is 3.74. The van der Waals surface area contributed by atoms with Crippen LogP contribution in [0.4, 0.5) is 5.69 Å². The molecular formula is C17H16N2O6. The number of aliphatic hydroxyl groups excluding tert-OH is 1. The Morgan fingerprint density at radius 2 is 2.04 bits per heavy atom. The Hall–Kier alpha value is -2.97. The quantitative estimate of drug-likeness (QED) is 0.583. The summed E-state index contributed by atoms with van der Waals surface area (Å²) in [6.45, 7) is -0.0997. The number of ether oxygens (including phenoxy) is 1. The third kappa shape index (κ3) is 3.30. The van der Waals surface area contributed by atoms with E-state index in [0.717, 1.165) is 10.3 Å². The van der Waals surface area contributed by atoms with Gasteiger partial charge < -0.3 is 19.6 Å². The number of carbonyl (C=O) groups excluding carboxylic acids is 2. The Kier molecular flexibility index (Phi) is 4.64. The minimum atomic E-state index is -0.520. The number of hydrogen-bond donors (Lipinski definition) is 2. The molecule has 8 heteroatoms. The van der Waals surface area contributed by atoms with Crippen molar-refractivity contribution in [3.05, 3.63) is 52.0 Å². The summed E-state index contributed by atoms with van der Waals surface area (Å²) in [6.07, 6.45) is 1.17.